The summed E-state index contributed by atoms with van der Waals surface area (Å²) in [7, 11) is 0. The molecule has 1 aromatic heterocycles. The molecule has 102 valence electrons. The number of fused-ring (bicyclic) bond motifs is 1. The standard InChI is InChI=1S/C16H10BrN3O/c17-12-5-6-14(11(7-12)9-18)20-16(21)15-8-10-3-1-2-4-13(10)19-15/h1-8,19H,(H,20,21). The number of amides is 1. The molecule has 3 aromatic rings. The third kappa shape index (κ3) is 2.67. The lowest BCUT2D eigenvalue weighted by atomic mass is 10.2. The van der Waals surface area contributed by atoms with Gasteiger partial charge >= 0.3 is 0 Å². The fraction of sp³-hybridized carbons (Fsp3) is 0. The number of hydrogen-bond donors (Lipinski definition) is 2. The van der Waals surface area contributed by atoms with Crippen molar-refractivity contribution < 1.29 is 4.79 Å². The van der Waals surface area contributed by atoms with Gasteiger partial charge in [-0.3, -0.25) is 4.79 Å². The van der Waals surface area contributed by atoms with Gasteiger partial charge in [-0.2, -0.15) is 5.26 Å². The molecule has 5 heteroatoms. The van der Waals surface area contributed by atoms with Gasteiger partial charge in [0.05, 0.1) is 11.3 Å². The number of nitriles is 1. The summed E-state index contributed by atoms with van der Waals surface area (Å²) >= 11 is 3.30. The van der Waals surface area contributed by atoms with E-state index in [4.69, 9.17) is 5.26 Å². The summed E-state index contributed by atoms with van der Waals surface area (Å²) in [6, 6.07) is 16.7. The third-order valence-electron chi connectivity index (χ3n) is 3.12. The van der Waals surface area contributed by atoms with Gasteiger partial charge in [-0.05, 0) is 30.3 Å². The van der Waals surface area contributed by atoms with E-state index in [-0.39, 0.29) is 5.91 Å². The van der Waals surface area contributed by atoms with Crippen LogP contribution in [0.4, 0.5) is 5.69 Å². The van der Waals surface area contributed by atoms with Gasteiger partial charge in [-0.15, -0.1) is 0 Å². The van der Waals surface area contributed by atoms with Crippen molar-refractivity contribution in [3.8, 4) is 6.07 Å². The lowest BCUT2D eigenvalue weighted by Gasteiger charge is -2.06. The molecule has 0 radical (unpaired) electrons. The number of nitrogens with one attached hydrogen (secondary N) is 2. The Morgan fingerprint density at radius 1 is 1.19 bits per heavy atom. The minimum atomic E-state index is -0.273. The number of carbonyl (C=O) groups is 1. The van der Waals surface area contributed by atoms with Crippen LogP contribution >= 0.6 is 15.9 Å². The molecule has 3 rings (SSSR count). The fourth-order valence-electron chi connectivity index (χ4n) is 2.10. The van der Waals surface area contributed by atoms with Gasteiger partial charge in [0.15, 0.2) is 0 Å². The molecule has 0 fully saturated rings. The zero-order valence-electron chi connectivity index (χ0n) is 10.9. The molecule has 0 atom stereocenters. The Morgan fingerprint density at radius 3 is 2.76 bits per heavy atom. The van der Waals surface area contributed by atoms with E-state index in [0.717, 1.165) is 15.4 Å². The second kappa shape index (κ2) is 5.43. The topological polar surface area (TPSA) is 68.7 Å². The van der Waals surface area contributed by atoms with E-state index in [1.54, 1.807) is 24.3 Å². The summed E-state index contributed by atoms with van der Waals surface area (Å²) in [4.78, 5) is 15.3. The maximum atomic E-state index is 12.3. The van der Waals surface area contributed by atoms with Gasteiger partial charge in [0.25, 0.3) is 5.91 Å². The van der Waals surface area contributed by atoms with E-state index in [2.05, 4.69) is 32.3 Å². The highest BCUT2D eigenvalue weighted by Crippen LogP contribution is 2.21. The minimum absolute atomic E-state index is 0.273. The molecule has 0 bridgehead atoms. The number of carbonyl (C=O) groups excluding carboxylic acids is 1. The van der Waals surface area contributed by atoms with Crippen LogP contribution in [0.1, 0.15) is 16.1 Å². The average Bonchev–Trinajstić information content (AvgIpc) is 2.93. The monoisotopic (exact) mass is 339 g/mol. The summed E-state index contributed by atoms with van der Waals surface area (Å²) < 4.78 is 0.794. The number of para-hydroxylation sites is 1. The van der Waals surface area contributed by atoms with Crippen LogP contribution in [0.5, 0.6) is 0 Å². The SMILES string of the molecule is N#Cc1cc(Br)ccc1NC(=O)c1cc2ccccc2[nH]1. The van der Waals surface area contributed by atoms with Crippen LogP contribution in [0.15, 0.2) is 53.0 Å². The van der Waals surface area contributed by atoms with E-state index in [9.17, 15) is 4.79 Å². The zero-order valence-corrected chi connectivity index (χ0v) is 12.4. The van der Waals surface area contributed by atoms with Crippen LogP contribution in [-0.4, -0.2) is 10.9 Å². The first-order chi connectivity index (χ1) is 10.2. The second-order valence-electron chi connectivity index (χ2n) is 4.53. The Bertz CT molecular complexity index is 844. The predicted octanol–water partition coefficient (Wildman–Crippen LogP) is 4.05. The largest absolute Gasteiger partial charge is 0.351 e. The summed E-state index contributed by atoms with van der Waals surface area (Å²) in [5.41, 5.74) is 2.26. The minimum Gasteiger partial charge on any atom is -0.351 e. The number of H-pyrrole nitrogens is 1. The van der Waals surface area contributed by atoms with E-state index in [0.29, 0.717) is 16.9 Å². The maximum absolute atomic E-state index is 12.3. The van der Waals surface area contributed by atoms with Gasteiger partial charge in [-0.25, -0.2) is 0 Å². The molecule has 0 unspecified atom stereocenters. The number of rotatable bonds is 2. The molecule has 21 heavy (non-hydrogen) atoms. The van der Waals surface area contributed by atoms with Crippen molar-refractivity contribution in [2.75, 3.05) is 5.32 Å². The molecule has 0 aliphatic heterocycles. The highest BCUT2D eigenvalue weighted by atomic mass is 79.9. The second-order valence-corrected chi connectivity index (χ2v) is 5.44. The normalized spacial score (nSPS) is 10.3. The molecule has 1 amide bonds. The van der Waals surface area contributed by atoms with E-state index >= 15 is 0 Å². The number of halogens is 1. The van der Waals surface area contributed by atoms with Crippen LogP contribution in [0.25, 0.3) is 10.9 Å². The van der Waals surface area contributed by atoms with Crippen molar-refractivity contribution in [3.63, 3.8) is 0 Å². The number of aromatic nitrogens is 1. The van der Waals surface area contributed by atoms with Crippen molar-refractivity contribution in [1.29, 1.82) is 5.26 Å². The quantitative estimate of drug-likeness (QED) is 0.739. The van der Waals surface area contributed by atoms with Crippen LogP contribution in [-0.2, 0) is 0 Å². The predicted molar refractivity (Wildman–Crippen MR) is 85.1 cm³/mol. The number of hydrogen-bond acceptors (Lipinski definition) is 2. The van der Waals surface area contributed by atoms with E-state index in [1.165, 1.54) is 0 Å². The third-order valence-corrected chi connectivity index (χ3v) is 3.62. The van der Waals surface area contributed by atoms with E-state index < -0.39 is 0 Å². The van der Waals surface area contributed by atoms with Gasteiger partial charge in [0, 0.05) is 15.4 Å². The summed E-state index contributed by atoms with van der Waals surface area (Å²) in [6.07, 6.45) is 0. The molecular weight excluding hydrogens is 330 g/mol. The van der Waals surface area contributed by atoms with Gasteiger partial charge in [0.1, 0.15) is 11.8 Å². The number of benzene rings is 2. The van der Waals surface area contributed by atoms with Crippen LogP contribution in [0, 0.1) is 11.3 Å². The molecule has 4 nitrogen and oxygen atoms in total. The molecular formula is C16H10BrN3O. The molecule has 1 heterocycles. The molecule has 0 saturated carbocycles. The Hall–Kier alpha value is -2.58. The molecule has 0 saturated heterocycles. The van der Waals surface area contributed by atoms with Crippen LogP contribution < -0.4 is 5.32 Å². The highest BCUT2D eigenvalue weighted by molar-refractivity contribution is 9.10. The van der Waals surface area contributed by atoms with Crippen LogP contribution in [0.2, 0.25) is 0 Å². The molecule has 2 N–H and O–H groups in total. The summed E-state index contributed by atoms with van der Waals surface area (Å²) in [6.45, 7) is 0. The van der Waals surface area contributed by atoms with Crippen LogP contribution in [0.3, 0.4) is 0 Å². The first-order valence-electron chi connectivity index (χ1n) is 6.26. The van der Waals surface area contributed by atoms with E-state index in [1.807, 2.05) is 24.3 Å². The van der Waals surface area contributed by atoms with Gasteiger partial charge in [0.2, 0.25) is 0 Å². The van der Waals surface area contributed by atoms with Gasteiger partial charge in [-0.1, -0.05) is 34.1 Å². The lowest BCUT2D eigenvalue weighted by molar-refractivity contribution is 0.102. The number of anilines is 1. The summed E-state index contributed by atoms with van der Waals surface area (Å²) in [5, 5.41) is 12.8. The number of aromatic amines is 1. The summed E-state index contributed by atoms with van der Waals surface area (Å²) in [5.74, 6) is -0.273. The average molecular weight is 340 g/mol. The fourth-order valence-corrected chi connectivity index (χ4v) is 2.46. The molecule has 0 spiro atoms. The first kappa shape index (κ1) is 13.4. The Labute approximate surface area is 129 Å². The first-order valence-corrected chi connectivity index (χ1v) is 7.05. The molecule has 2 aromatic carbocycles. The molecule has 0 aliphatic carbocycles. The van der Waals surface area contributed by atoms with Crippen molar-refractivity contribution >= 4 is 38.4 Å². The molecule has 0 aliphatic rings. The maximum Gasteiger partial charge on any atom is 0.272 e. The zero-order chi connectivity index (χ0) is 14.8. The number of nitrogens with zero attached hydrogens (tertiary/aromatic N) is 1. The Balaban J connectivity index is 1.91. The Kier molecular flexibility index (Phi) is 3.46. The van der Waals surface area contributed by atoms with Crippen molar-refractivity contribution in [1.82, 2.24) is 4.98 Å². The highest BCUT2D eigenvalue weighted by Gasteiger charge is 2.12. The van der Waals surface area contributed by atoms with Gasteiger partial charge < -0.3 is 10.3 Å². The van der Waals surface area contributed by atoms with Crippen molar-refractivity contribution in [2.45, 2.75) is 0 Å². The lowest BCUT2D eigenvalue weighted by Crippen LogP contribution is -2.13. The van der Waals surface area contributed by atoms with Crippen molar-refractivity contribution in [3.05, 3.63) is 64.3 Å². The van der Waals surface area contributed by atoms with Crippen molar-refractivity contribution in [2.24, 2.45) is 0 Å². The Morgan fingerprint density at radius 2 is 2.00 bits per heavy atom. The smallest absolute Gasteiger partial charge is 0.272 e.